The van der Waals surface area contributed by atoms with Crippen molar-refractivity contribution in [2.75, 3.05) is 39.3 Å². The quantitative estimate of drug-likeness (QED) is 0.0469. The van der Waals surface area contributed by atoms with Crippen molar-refractivity contribution in [3.8, 4) is 5.75 Å². The van der Waals surface area contributed by atoms with E-state index in [9.17, 15) is 74.4 Å². The molecule has 3 saturated heterocycles. The normalized spacial score (nSPS) is 28.4. The van der Waals surface area contributed by atoms with E-state index >= 15 is 0 Å². The summed E-state index contributed by atoms with van der Waals surface area (Å²) in [4.78, 5) is 101. The van der Waals surface area contributed by atoms with Crippen molar-refractivity contribution in [2.24, 2.45) is 23.3 Å². The number of nitrogens with two attached hydrogens (primary N) is 2. The van der Waals surface area contributed by atoms with Crippen LogP contribution in [-0.4, -0.2) is 204 Å². The van der Waals surface area contributed by atoms with E-state index in [0.29, 0.717) is 24.7 Å². The fourth-order valence-electron chi connectivity index (χ4n) is 10.1. The molecule has 0 aliphatic carbocycles. The molecule has 2 unspecified atom stereocenters. The molecule has 25 heteroatoms. The van der Waals surface area contributed by atoms with Crippen molar-refractivity contribution in [3.05, 3.63) is 29.8 Å². The third-order valence-electron chi connectivity index (χ3n) is 14.6. The van der Waals surface area contributed by atoms with Gasteiger partial charge >= 0.3 is 0 Å². The summed E-state index contributed by atoms with van der Waals surface area (Å²) in [6, 6.07) is -6.33. The van der Waals surface area contributed by atoms with E-state index in [4.69, 9.17) is 11.5 Å². The van der Waals surface area contributed by atoms with Crippen LogP contribution in [0.2, 0.25) is 0 Å². The smallest absolute Gasteiger partial charge is 0.248 e. The van der Waals surface area contributed by atoms with E-state index in [0.717, 1.165) is 48.3 Å². The number of aliphatic hydroxyl groups is 7. The van der Waals surface area contributed by atoms with Crippen molar-refractivity contribution in [1.82, 2.24) is 41.7 Å². The molecule has 0 radical (unpaired) electrons. The Labute approximate surface area is 444 Å². The summed E-state index contributed by atoms with van der Waals surface area (Å²) in [5.41, 5.74) is 11.5. The van der Waals surface area contributed by atoms with Gasteiger partial charge in [-0.15, -0.1) is 0 Å². The van der Waals surface area contributed by atoms with Crippen LogP contribution in [0, 0.1) is 11.8 Å². The molecule has 0 bridgehead atoms. The highest BCUT2D eigenvalue weighted by atomic mass is 16.3. The number of carbonyl (C=O) groups is 7. The van der Waals surface area contributed by atoms with Gasteiger partial charge in [0.15, 0.2) is 0 Å². The van der Waals surface area contributed by atoms with Crippen molar-refractivity contribution >= 4 is 41.4 Å². The molecule has 25 nitrogen and oxygen atoms in total. The SMILES string of the molecule is CC[C@H](C)C[C@H](C)CCCCCCCCC(=O)NC1C[C@@H](O)C(NCCN)NC(=O)[C@@H]2[C@@H](O)CCN2C(=O)[C@H]([C@H](O)CCN)NC(=O)[C@H]([C@H](O)[C@@H](O)c2ccc(O)cc2)NC(=O)[C@@H]2C[C@@H](O)CN2C(=O)[C@H](CO)NC1=O. The van der Waals surface area contributed by atoms with Crippen molar-refractivity contribution < 1.29 is 74.4 Å². The Bertz CT molecular complexity index is 2040. The minimum Gasteiger partial charge on any atom is -0.508 e. The largest absolute Gasteiger partial charge is 0.508 e. The summed E-state index contributed by atoms with van der Waals surface area (Å²) in [7, 11) is 0. The fraction of sp³-hybridized carbons (Fsp3) is 0.745. The van der Waals surface area contributed by atoms with Gasteiger partial charge < -0.3 is 88.7 Å². The van der Waals surface area contributed by atoms with Gasteiger partial charge in [-0.1, -0.05) is 77.8 Å². The van der Waals surface area contributed by atoms with E-state index < -0.39 is 146 Å². The topological polar surface area (TPSA) is 412 Å². The number of phenols is 1. The van der Waals surface area contributed by atoms with Gasteiger partial charge in [0.25, 0.3) is 0 Å². The highest BCUT2D eigenvalue weighted by Gasteiger charge is 2.48. The molecule has 0 aromatic heterocycles. The number of fused-ring (bicyclic) bond motifs is 2. The molecule has 7 amide bonds. The van der Waals surface area contributed by atoms with Crippen LogP contribution in [0.1, 0.15) is 122 Å². The molecule has 15 atom stereocenters. The molecule has 1 aromatic rings. The first-order valence-corrected chi connectivity index (χ1v) is 26.9. The predicted molar refractivity (Wildman–Crippen MR) is 276 cm³/mol. The molecule has 3 aliphatic rings. The zero-order chi connectivity index (χ0) is 56.2. The number of rotatable bonds is 23. The lowest BCUT2D eigenvalue weighted by atomic mass is 9.91. The fourth-order valence-corrected chi connectivity index (χ4v) is 10.1. The van der Waals surface area contributed by atoms with Gasteiger partial charge in [0.1, 0.15) is 60.4 Å². The van der Waals surface area contributed by atoms with Gasteiger partial charge in [0.05, 0.1) is 31.0 Å². The minimum absolute atomic E-state index is 0.0222. The number of carbonyl (C=O) groups excluding carboxylic acids is 7. The maximum atomic E-state index is 14.6. The highest BCUT2D eigenvalue weighted by Crippen LogP contribution is 2.26. The predicted octanol–water partition coefficient (Wildman–Crippen LogP) is -3.70. The standard InChI is InChI=1S/C51H86N10O15/c1-4-28(2)23-29(3)11-9-7-5-6-8-10-12-39(68)55-33-25-38(67)45(54-21-20-53)59-49(74)42-37(66)18-22-60(42)51(76)40(36(65)17-19-52)57-48(73)41(44(70)43(69)30-13-15-31(63)16-14-30)58-47(72)35-24-32(64)26-61(35)50(75)34(27-62)56-46(33)71/h13-16,28-29,32-38,40-45,54,62-67,69-70H,4-12,17-27,52-53H2,1-3H3,(H,55,68)(H,56,71)(H,57,73)(H,58,72)(H,59,74)/t28-,29+,32+,33?,34-,35-,36+,37-,38+,40-,41-,42-,43-,44-,45?/m0/s1. The lowest BCUT2D eigenvalue weighted by Gasteiger charge is -2.35. The number of aliphatic hydroxyl groups excluding tert-OH is 7. The van der Waals surface area contributed by atoms with Crippen LogP contribution >= 0.6 is 0 Å². The van der Waals surface area contributed by atoms with Crippen LogP contribution in [-0.2, 0) is 33.6 Å². The first-order chi connectivity index (χ1) is 36.1. The maximum absolute atomic E-state index is 14.6. The third-order valence-corrected chi connectivity index (χ3v) is 14.6. The van der Waals surface area contributed by atoms with Crippen molar-refractivity contribution in [2.45, 2.75) is 190 Å². The Balaban J connectivity index is 1.71. The van der Waals surface area contributed by atoms with Crippen LogP contribution in [0.15, 0.2) is 24.3 Å². The van der Waals surface area contributed by atoms with Crippen LogP contribution in [0.25, 0.3) is 0 Å². The zero-order valence-electron chi connectivity index (χ0n) is 44.1. The van der Waals surface area contributed by atoms with Gasteiger partial charge in [-0.3, -0.25) is 38.9 Å². The molecule has 0 spiro atoms. The van der Waals surface area contributed by atoms with Crippen molar-refractivity contribution in [3.63, 3.8) is 0 Å². The Morgan fingerprint density at radius 2 is 1.41 bits per heavy atom. The zero-order valence-corrected chi connectivity index (χ0v) is 44.1. The van der Waals surface area contributed by atoms with E-state index in [-0.39, 0.29) is 56.8 Å². The average Bonchev–Trinajstić information content (AvgIpc) is 3.99. The number of benzene rings is 1. The number of amides is 7. The third kappa shape index (κ3) is 18.3. The molecule has 76 heavy (non-hydrogen) atoms. The lowest BCUT2D eigenvalue weighted by Crippen LogP contribution is -2.65. The van der Waals surface area contributed by atoms with Crippen LogP contribution in [0.3, 0.4) is 0 Å². The van der Waals surface area contributed by atoms with Gasteiger partial charge in [-0.05, 0) is 61.8 Å². The number of nitrogens with zero attached hydrogens (tertiary/aromatic N) is 2. The van der Waals surface area contributed by atoms with Gasteiger partial charge in [0, 0.05) is 45.4 Å². The van der Waals surface area contributed by atoms with Gasteiger partial charge in [0.2, 0.25) is 41.4 Å². The monoisotopic (exact) mass is 1080 g/mol. The molecular weight excluding hydrogens is 993 g/mol. The molecule has 3 aliphatic heterocycles. The number of hydrogen-bond donors (Lipinski definition) is 16. The summed E-state index contributed by atoms with van der Waals surface area (Å²) < 4.78 is 0. The highest BCUT2D eigenvalue weighted by molar-refractivity contribution is 5.98. The van der Waals surface area contributed by atoms with E-state index in [2.05, 4.69) is 52.7 Å². The second kappa shape index (κ2) is 31.3. The average molecular weight is 1080 g/mol. The summed E-state index contributed by atoms with van der Waals surface area (Å²) in [6.45, 7) is 4.51. The van der Waals surface area contributed by atoms with E-state index in [1.54, 1.807) is 0 Å². The van der Waals surface area contributed by atoms with Crippen LogP contribution in [0.5, 0.6) is 5.75 Å². The summed E-state index contributed by atoms with van der Waals surface area (Å²) in [5, 5.41) is 104. The summed E-state index contributed by atoms with van der Waals surface area (Å²) >= 11 is 0. The Morgan fingerprint density at radius 1 is 0.750 bits per heavy atom. The number of hydrogen-bond acceptors (Lipinski definition) is 18. The first kappa shape index (κ1) is 63.4. The van der Waals surface area contributed by atoms with Crippen molar-refractivity contribution in [1.29, 1.82) is 0 Å². The molecule has 1 aromatic carbocycles. The van der Waals surface area contributed by atoms with Gasteiger partial charge in [-0.2, -0.15) is 0 Å². The number of nitrogens with one attached hydrogen (secondary N) is 6. The van der Waals surface area contributed by atoms with Gasteiger partial charge in [-0.25, -0.2) is 0 Å². The van der Waals surface area contributed by atoms with E-state index in [1.807, 2.05) is 0 Å². The Hall–Kier alpha value is -5.09. The van der Waals surface area contributed by atoms with Crippen LogP contribution in [0.4, 0.5) is 0 Å². The lowest BCUT2D eigenvalue weighted by molar-refractivity contribution is -0.148. The summed E-state index contributed by atoms with van der Waals surface area (Å²) in [5.74, 6) is -6.42. The second-order valence-electron chi connectivity index (χ2n) is 20.8. The molecule has 18 N–H and O–H groups in total. The summed E-state index contributed by atoms with van der Waals surface area (Å²) in [6.07, 6.45) is -5.18. The molecule has 3 heterocycles. The Kier molecular flexibility index (Phi) is 26.2. The van der Waals surface area contributed by atoms with Crippen LogP contribution < -0.4 is 43.4 Å². The molecule has 3 fully saturated rings. The second-order valence-corrected chi connectivity index (χ2v) is 20.8. The first-order valence-electron chi connectivity index (χ1n) is 26.9. The maximum Gasteiger partial charge on any atom is 0.248 e. The molecule has 4 rings (SSSR count). The van der Waals surface area contributed by atoms with E-state index in [1.165, 1.54) is 30.7 Å². The number of aromatic hydroxyl groups is 1. The molecule has 0 saturated carbocycles. The number of phenolic OH excluding ortho intramolecular Hbond substituents is 1. The molecular formula is C51H86N10O15. The molecule has 430 valence electrons. The minimum atomic E-state index is -2.27. The Morgan fingerprint density at radius 3 is 2.05 bits per heavy atom. The number of unbranched alkanes of at least 4 members (excludes halogenated alkanes) is 5.